The lowest BCUT2D eigenvalue weighted by molar-refractivity contribution is 0.287. The minimum Gasteiger partial charge on any atom is -0.507 e. The summed E-state index contributed by atoms with van der Waals surface area (Å²) in [5, 5.41) is 13.0. The number of phenols is 1. The Hall–Kier alpha value is -3.01. The molecule has 4 aromatic rings. The van der Waals surface area contributed by atoms with Crippen molar-refractivity contribution in [2.75, 3.05) is 6.61 Å². The smallest absolute Gasteiger partial charge is 0.204 e. The van der Waals surface area contributed by atoms with Crippen molar-refractivity contribution in [2.24, 2.45) is 0 Å². The summed E-state index contributed by atoms with van der Waals surface area (Å²) in [6.45, 7) is 0.612. The standard InChI is InChI=1S/C20H14O4/c21-15-10-16-13(6-3-7-23-16)20-18(15)19(22)14-8-11-4-1-2-5-12(11)9-17(14)24-20/h1-2,4-5,8-10,21H,3,6-7H2. The van der Waals surface area contributed by atoms with Crippen LogP contribution in [-0.4, -0.2) is 11.7 Å². The van der Waals surface area contributed by atoms with Gasteiger partial charge in [-0.3, -0.25) is 4.79 Å². The topological polar surface area (TPSA) is 59.7 Å². The van der Waals surface area contributed by atoms with Gasteiger partial charge in [-0.05, 0) is 35.7 Å². The molecule has 5 rings (SSSR count). The third-order valence-corrected chi connectivity index (χ3v) is 4.68. The quantitative estimate of drug-likeness (QED) is 0.495. The van der Waals surface area contributed by atoms with Crippen LogP contribution in [0, 0.1) is 0 Å². The van der Waals surface area contributed by atoms with E-state index in [0.29, 0.717) is 28.9 Å². The van der Waals surface area contributed by atoms with Gasteiger partial charge in [0.05, 0.1) is 12.0 Å². The molecule has 0 atom stereocenters. The molecule has 2 heterocycles. The molecule has 0 aliphatic carbocycles. The van der Waals surface area contributed by atoms with Crippen LogP contribution in [0.25, 0.3) is 32.7 Å². The fourth-order valence-electron chi connectivity index (χ4n) is 3.52. The fourth-order valence-corrected chi connectivity index (χ4v) is 3.52. The van der Waals surface area contributed by atoms with Gasteiger partial charge in [-0.25, -0.2) is 0 Å². The Labute approximate surface area is 136 Å². The predicted octanol–water partition coefficient (Wildman–Crippen LogP) is 4.13. The van der Waals surface area contributed by atoms with Gasteiger partial charge in [-0.2, -0.15) is 0 Å². The number of benzene rings is 3. The van der Waals surface area contributed by atoms with Crippen LogP contribution >= 0.6 is 0 Å². The van der Waals surface area contributed by atoms with Crippen molar-refractivity contribution < 1.29 is 14.3 Å². The average molecular weight is 318 g/mol. The van der Waals surface area contributed by atoms with Crippen LogP contribution in [0.1, 0.15) is 12.0 Å². The summed E-state index contributed by atoms with van der Waals surface area (Å²) < 4.78 is 11.7. The van der Waals surface area contributed by atoms with E-state index in [1.807, 2.05) is 36.4 Å². The lowest BCUT2D eigenvalue weighted by atomic mass is 10.00. The predicted molar refractivity (Wildman–Crippen MR) is 93.0 cm³/mol. The number of ether oxygens (including phenoxy) is 1. The third kappa shape index (κ3) is 1.77. The van der Waals surface area contributed by atoms with Crippen molar-refractivity contribution in [1.82, 2.24) is 0 Å². The maximum absolute atomic E-state index is 13.0. The summed E-state index contributed by atoms with van der Waals surface area (Å²) in [4.78, 5) is 13.0. The Morgan fingerprint density at radius 1 is 1.04 bits per heavy atom. The van der Waals surface area contributed by atoms with Crippen molar-refractivity contribution in [1.29, 1.82) is 0 Å². The molecule has 3 aromatic carbocycles. The SMILES string of the molecule is O=c1c2cc3ccccc3cc2oc2c3c(cc(O)c12)OCCC3. The van der Waals surface area contributed by atoms with Crippen LogP contribution in [0.15, 0.2) is 51.7 Å². The highest BCUT2D eigenvalue weighted by atomic mass is 16.5. The number of phenolic OH excluding ortho intramolecular Hbond substituents is 1. The highest BCUT2D eigenvalue weighted by Gasteiger charge is 2.22. The minimum atomic E-state index is -0.206. The summed E-state index contributed by atoms with van der Waals surface area (Å²) >= 11 is 0. The summed E-state index contributed by atoms with van der Waals surface area (Å²) in [5.41, 5.74) is 1.63. The van der Waals surface area contributed by atoms with Crippen LogP contribution < -0.4 is 10.2 Å². The first kappa shape index (κ1) is 13.4. The van der Waals surface area contributed by atoms with Crippen LogP contribution in [0.3, 0.4) is 0 Å². The van der Waals surface area contributed by atoms with Crippen molar-refractivity contribution in [3.63, 3.8) is 0 Å². The van der Waals surface area contributed by atoms with Crippen molar-refractivity contribution >= 4 is 32.7 Å². The van der Waals surface area contributed by atoms with Gasteiger partial charge in [0, 0.05) is 11.6 Å². The summed E-state index contributed by atoms with van der Waals surface area (Å²) in [7, 11) is 0. The van der Waals surface area contributed by atoms with Crippen molar-refractivity contribution in [2.45, 2.75) is 12.8 Å². The van der Waals surface area contributed by atoms with Crippen LogP contribution in [-0.2, 0) is 6.42 Å². The van der Waals surface area contributed by atoms with Gasteiger partial charge in [0.25, 0.3) is 0 Å². The Kier molecular flexibility index (Phi) is 2.65. The van der Waals surface area contributed by atoms with Gasteiger partial charge in [-0.15, -0.1) is 0 Å². The summed E-state index contributed by atoms with van der Waals surface area (Å²) in [6, 6.07) is 13.1. The number of aryl methyl sites for hydroxylation is 1. The van der Waals surface area contributed by atoms with E-state index in [4.69, 9.17) is 9.15 Å². The van der Waals surface area contributed by atoms with Crippen LogP contribution in [0.5, 0.6) is 11.5 Å². The number of hydrogen-bond acceptors (Lipinski definition) is 4. The van der Waals surface area contributed by atoms with E-state index in [9.17, 15) is 9.90 Å². The molecule has 0 radical (unpaired) electrons. The second-order valence-corrected chi connectivity index (χ2v) is 6.16. The molecule has 118 valence electrons. The van der Waals surface area contributed by atoms with Crippen molar-refractivity contribution in [3.8, 4) is 11.5 Å². The molecule has 24 heavy (non-hydrogen) atoms. The monoisotopic (exact) mass is 318 g/mol. The maximum atomic E-state index is 13.0. The van der Waals surface area contributed by atoms with E-state index in [2.05, 4.69) is 0 Å². The molecule has 4 heteroatoms. The number of fused-ring (bicyclic) bond motifs is 5. The van der Waals surface area contributed by atoms with E-state index in [1.54, 1.807) is 0 Å². The zero-order valence-corrected chi connectivity index (χ0v) is 12.8. The highest BCUT2D eigenvalue weighted by Crippen LogP contribution is 2.38. The van der Waals surface area contributed by atoms with E-state index in [1.165, 1.54) is 6.07 Å². The zero-order chi connectivity index (χ0) is 16.3. The molecule has 4 nitrogen and oxygen atoms in total. The Balaban J connectivity index is 2.00. The maximum Gasteiger partial charge on any atom is 0.204 e. The average Bonchev–Trinajstić information content (AvgIpc) is 2.60. The molecule has 0 saturated heterocycles. The first-order valence-electron chi connectivity index (χ1n) is 7.99. The third-order valence-electron chi connectivity index (χ3n) is 4.68. The van der Waals surface area contributed by atoms with Crippen LogP contribution in [0.4, 0.5) is 0 Å². The lowest BCUT2D eigenvalue weighted by Crippen LogP contribution is -2.11. The second-order valence-electron chi connectivity index (χ2n) is 6.16. The normalized spacial score (nSPS) is 14.0. The first-order valence-corrected chi connectivity index (χ1v) is 7.99. The summed E-state index contributed by atoms with van der Waals surface area (Å²) in [6.07, 6.45) is 1.64. The second kappa shape index (κ2) is 4.74. The number of hydrogen-bond donors (Lipinski definition) is 1. The van der Waals surface area contributed by atoms with Gasteiger partial charge >= 0.3 is 0 Å². The van der Waals surface area contributed by atoms with Gasteiger partial charge in [0.2, 0.25) is 5.43 Å². The molecule has 1 aromatic heterocycles. The zero-order valence-electron chi connectivity index (χ0n) is 12.8. The van der Waals surface area contributed by atoms with Gasteiger partial charge < -0.3 is 14.3 Å². The van der Waals surface area contributed by atoms with Gasteiger partial charge in [-0.1, -0.05) is 24.3 Å². The molecule has 1 aliphatic heterocycles. The molecular weight excluding hydrogens is 304 g/mol. The number of rotatable bonds is 0. The molecule has 0 bridgehead atoms. The molecule has 0 unspecified atom stereocenters. The molecule has 0 saturated carbocycles. The molecular formula is C20H14O4. The van der Waals surface area contributed by atoms with E-state index in [0.717, 1.165) is 29.2 Å². The van der Waals surface area contributed by atoms with E-state index >= 15 is 0 Å². The van der Waals surface area contributed by atoms with Gasteiger partial charge in [0.1, 0.15) is 28.1 Å². The van der Waals surface area contributed by atoms with Gasteiger partial charge in [0.15, 0.2) is 0 Å². The minimum absolute atomic E-state index is 0.0885. The summed E-state index contributed by atoms with van der Waals surface area (Å²) in [5.74, 6) is 0.518. The molecule has 1 N–H and O–H groups in total. The first-order chi connectivity index (χ1) is 11.7. The largest absolute Gasteiger partial charge is 0.507 e. The lowest BCUT2D eigenvalue weighted by Gasteiger charge is -2.19. The Bertz CT molecular complexity index is 1190. The van der Waals surface area contributed by atoms with Crippen LogP contribution in [0.2, 0.25) is 0 Å². The number of aromatic hydroxyl groups is 1. The molecule has 0 amide bonds. The Morgan fingerprint density at radius 2 is 1.83 bits per heavy atom. The van der Waals surface area contributed by atoms with E-state index < -0.39 is 0 Å². The molecule has 0 spiro atoms. The molecule has 0 fully saturated rings. The van der Waals surface area contributed by atoms with E-state index in [-0.39, 0.29) is 16.6 Å². The Morgan fingerprint density at radius 3 is 2.67 bits per heavy atom. The van der Waals surface area contributed by atoms with Crippen molar-refractivity contribution in [3.05, 3.63) is 58.3 Å². The highest BCUT2D eigenvalue weighted by molar-refractivity contribution is 6.01. The fraction of sp³-hybridized carbons (Fsp3) is 0.150. The molecule has 1 aliphatic rings.